The molecule has 0 spiro atoms. The van der Waals surface area contributed by atoms with E-state index in [1.54, 1.807) is 24.3 Å². The lowest BCUT2D eigenvalue weighted by Gasteiger charge is -2.06. The van der Waals surface area contributed by atoms with E-state index in [1.807, 2.05) is 18.2 Å². The van der Waals surface area contributed by atoms with Gasteiger partial charge in [0.25, 0.3) is 0 Å². The van der Waals surface area contributed by atoms with E-state index in [9.17, 15) is 4.79 Å². The van der Waals surface area contributed by atoms with E-state index in [0.717, 1.165) is 5.56 Å². The number of H-pyrrole nitrogens is 1. The van der Waals surface area contributed by atoms with E-state index in [1.165, 1.54) is 11.8 Å². The zero-order valence-electron chi connectivity index (χ0n) is 12.6. The first kappa shape index (κ1) is 18.1. The number of hydrogen-bond acceptors (Lipinski definition) is 4. The molecule has 0 aliphatic rings. The highest BCUT2D eigenvalue weighted by atomic mass is 35.5. The van der Waals surface area contributed by atoms with Gasteiger partial charge in [0.1, 0.15) is 0 Å². The number of carbonyl (C=O) groups is 1. The summed E-state index contributed by atoms with van der Waals surface area (Å²) in [6, 6.07) is 12.2. The first-order chi connectivity index (χ1) is 12.0. The van der Waals surface area contributed by atoms with Crippen LogP contribution in [0.1, 0.15) is 0 Å². The Kier molecular flexibility index (Phi) is 5.86. The molecule has 1 heterocycles. The number of benzene rings is 2. The maximum Gasteiger partial charge on any atom is 0.234 e. The zero-order chi connectivity index (χ0) is 17.8. The summed E-state index contributed by atoms with van der Waals surface area (Å²) in [5, 5.41) is 11.5. The van der Waals surface area contributed by atoms with E-state index >= 15 is 0 Å². The van der Waals surface area contributed by atoms with E-state index in [0.29, 0.717) is 31.7 Å². The minimum Gasteiger partial charge on any atom is -0.324 e. The third kappa shape index (κ3) is 4.67. The molecular weight excluding hydrogens is 403 g/mol. The Morgan fingerprint density at radius 3 is 2.68 bits per heavy atom. The number of nitrogens with one attached hydrogen (secondary N) is 2. The molecule has 2 N–H and O–H groups in total. The highest BCUT2D eigenvalue weighted by Gasteiger charge is 2.12. The summed E-state index contributed by atoms with van der Waals surface area (Å²) in [6.07, 6.45) is 0. The Bertz CT molecular complexity index is 916. The van der Waals surface area contributed by atoms with Crippen LogP contribution in [0.3, 0.4) is 0 Å². The van der Waals surface area contributed by atoms with Gasteiger partial charge in [-0.3, -0.25) is 9.89 Å². The second kappa shape index (κ2) is 8.10. The van der Waals surface area contributed by atoms with Crippen LogP contribution >= 0.6 is 46.6 Å². The van der Waals surface area contributed by atoms with Gasteiger partial charge in [-0.2, -0.15) is 0 Å². The summed E-state index contributed by atoms with van der Waals surface area (Å²) < 4.78 is 0. The van der Waals surface area contributed by atoms with E-state index in [2.05, 4.69) is 20.5 Å². The summed E-state index contributed by atoms with van der Waals surface area (Å²) in [5.41, 5.74) is 1.25. The van der Waals surface area contributed by atoms with Gasteiger partial charge in [0.2, 0.25) is 11.1 Å². The molecule has 3 aromatic rings. The van der Waals surface area contributed by atoms with Crippen molar-refractivity contribution in [2.75, 3.05) is 11.1 Å². The lowest BCUT2D eigenvalue weighted by atomic mass is 10.2. The number of thioether (sulfide) groups is 1. The lowest BCUT2D eigenvalue weighted by molar-refractivity contribution is -0.113. The maximum atomic E-state index is 12.0. The summed E-state index contributed by atoms with van der Waals surface area (Å²) in [4.78, 5) is 16.4. The summed E-state index contributed by atoms with van der Waals surface area (Å²) >= 11 is 19.2. The van der Waals surface area contributed by atoms with Crippen molar-refractivity contribution in [1.29, 1.82) is 0 Å². The molecule has 3 rings (SSSR count). The fourth-order valence-electron chi connectivity index (χ4n) is 1.99. The Morgan fingerprint density at radius 2 is 1.92 bits per heavy atom. The maximum absolute atomic E-state index is 12.0. The van der Waals surface area contributed by atoms with Gasteiger partial charge in [0, 0.05) is 10.6 Å². The molecule has 25 heavy (non-hydrogen) atoms. The normalized spacial score (nSPS) is 10.7. The van der Waals surface area contributed by atoms with Crippen molar-refractivity contribution in [3.05, 3.63) is 57.5 Å². The Balaban J connectivity index is 1.60. The molecule has 0 saturated carbocycles. The van der Waals surface area contributed by atoms with Gasteiger partial charge in [-0.05, 0) is 30.3 Å². The van der Waals surface area contributed by atoms with Crippen molar-refractivity contribution >= 4 is 58.2 Å². The minimum absolute atomic E-state index is 0.138. The Morgan fingerprint density at radius 1 is 1.12 bits per heavy atom. The van der Waals surface area contributed by atoms with Crippen molar-refractivity contribution in [3.8, 4) is 11.4 Å². The molecule has 0 radical (unpaired) electrons. The number of aromatic amines is 1. The number of hydrogen-bond donors (Lipinski definition) is 2. The van der Waals surface area contributed by atoms with Crippen molar-refractivity contribution in [2.24, 2.45) is 0 Å². The quantitative estimate of drug-likeness (QED) is 0.567. The molecule has 128 valence electrons. The van der Waals surface area contributed by atoms with Crippen LogP contribution in [-0.4, -0.2) is 26.8 Å². The molecule has 9 heteroatoms. The second-order valence-corrected chi connectivity index (χ2v) is 7.10. The largest absolute Gasteiger partial charge is 0.324 e. The smallest absolute Gasteiger partial charge is 0.234 e. The molecule has 1 amide bonds. The molecule has 0 atom stereocenters. The lowest BCUT2D eigenvalue weighted by Crippen LogP contribution is -2.14. The van der Waals surface area contributed by atoms with Gasteiger partial charge in [-0.25, -0.2) is 4.98 Å². The fourth-order valence-corrected chi connectivity index (χ4v) is 3.27. The SMILES string of the molecule is O=C(CSc1n[nH]c(-c2ccccc2Cl)n1)Nc1ccc(Cl)cc1Cl. The van der Waals surface area contributed by atoms with Gasteiger partial charge in [0.15, 0.2) is 5.82 Å². The summed E-state index contributed by atoms with van der Waals surface area (Å²) in [6.45, 7) is 0. The fraction of sp³-hybridized carbons (Fsp3) is 0.0625. The van der Waals surface area contributed by atoms with Crippen LogP contribution in [0.4, 0.5) is 5.69 Å². The summed E-state index contributed by atoms with van der Waals surface area (Å²) in [7, 11) is 0. The number of halogens is 3. The number of nitrogens with zero attached hydrogens (tertiary/aromatic N) is 2. The number of rotatable bonds is 5. The number of aromatic nitrogens is 3. The standard InChI is InChI=1S/C16H11Cl3N4OS/c17-9-5-6-13(12(19)7-9)20-14(24)8-25-16-21-15(22-23-16)10-3-1-2-4-11(10)18/h1-7H,8H2,(H,20,24)(H,21,22,23). The molecule has 1 aromatic heterocycles. The van der Waals surface area contributed by atoms with Crippen molar-refractivity contribution < 1.29 is 4.79 Å². The Hall–Kier alpha value is -1.73. The second-order valence-electron chi connectivity index (χ2n) is 4.91. The average molecular weight is 414 g/mol. The monoisotopic (exact) mass is 412 g/mol. The van der Waals surface area contributed by atoms with Crippen LogP contribution in [0.5, 0.6) is 0 Å². The molecule has 0 unspecified atom stereocenters. The predicted octanol–water partition coefficient (Wildman–Crippen LogP) is 5.16. The van der Waals surface area contributed by atoms with Crippen molar-refractivity contribution in [2.45, 2.75) is 5.16 Å². The van der Waals surface area contributed by atoms with E-state index in [4.69, 9.17) is 34.8 Å². The number of anilines is 1. The van der Waals surface area contributed by atoms with Gasteiger partial charge >= 0.3 is 0 Å². The topological polar surface area (TPSA) is 70.7 Å². The first-order valence-corrected chi connectivity index (χ1v) is 9.20. The highest BCUT2D eigenvalue weighted by Crippen LogP contribution is 2.27. The first-order valence-electron chi connectivity index (χ1n) is 7.08. The zero-order valence-corrected chi connectivity index (χ0v) is 15.7. The van der Waals surface area contributed by atoms with Crippen LogP contribution < -0.4 is 5.32 Å². The molecule has 0 saturated heterocycles. The number of amides is 1. The van der Waals surface area contributed by atoms with Gasteiger partial charge < -0.3 is 5.32 Å². The third-order valence-corrected chi connectivity index (χ3v) is 4.86. The van der Waals surface area contributed by atoms with Crippen LogP contribution in [0, 0.1) is 0 Å². The molecule has 0 aliphatic carbocycles. The molecule has 0 aliphatic heterocycles. The van der Waals surface area contributed by atoms with Crippen molar-refractivity contribution in [1.82, 2.24) is 15.2 Å². The molecule has 0 bridgehead atoms. The number of carbonyl (C=O) groups excluding carboxylic acids is 1. The van der Waals surface area contributed by atoms with Gasteiger partial charge in [-0.1, -0.05) is 58.7 Å². The minimum atomic E-state index is -0.224. The molecule has 5 nitrogen and oxygen atoms in total. The molecule has 0 fully saturated rings. The Labute approximate surface area is 163 Å². The molecular formula is C16H11Cl3N4OS. The van der Waals surface area contributed by atoms with E-state index in [-0.39, 0.29) is 11.7 Å². The van der Waals surface area contributed by atoms with Crippen LogP contribution in [0.25, 0.3) is 11.4 Å². The summed E-state index contributed by atoms with van der Waals surface area (Å²) in [5.74, 6) is 0.464. The van der Waals surface area contributed by atoms with Crippen LogP contribution in [0.15, 0.2) is 47.6 Å². The van der Waals surface area contributed by atoms with Gasteiger partial charge in [-0.15, -0.1) is 5.10 Å². The molecule has 2 aromatic carbocycles. The van der Waals surface area contributed by atoms with Crippen LogP contribution in [-0.2, 0) is 4.79 Å². The highest BCUT2D eigenvalue weighted by molar-refractivity contribution is 7.99. The average Bonchev–Trinajstić information content (AvgIpc) is 3.05. The van der Waals surface area contributed by atoms with Gasteiger partial charge in [0.05, 0.1) is 21.5 Å². The van der Waals surface area contributed by atoms with E-state index < -0.39 is 0 Å². The predicted molar refractivity (Wildman–Crippen MR) is 103 cm³/mol. The van der Waals surface area contributed by atoms with Crippen LogP contribution in [0.2, 0.25) is 15.1 Å². The third-order valence-electron chi connectivity index (χ3n) is 3.13. The van der Waals surface area contributed by atoms with Crippen molar-refractivity contribution in [3.63, 3.8) is 0 Å².